The molecule has 0 spiro atoms. The number of benzene rings is 1. The smallest absolute Gasteiger partial charge is 0.330 e. The van der Waals surface area contributed by atoms with Crippen LogP contribution in [0.2, 0.25) is 0 Å². The van der Waals surface area contributed by atoms with E-state index in [9.17, 15) is 4.79 Å². The van der Waals surface area contributed by atoms with Gasteiger partial charge in [0.25, 0.3) is 0 Å². The molecule has 0 aliphatic heterocycles. The molecule has 0 heterocycles. The number of esters is 1. The van der Waals surface area contributed by atoms with Crippen LogP contribution >= 0.6 is 0 Å². The Hall–Kier alpha value is -1.77. The summed E-state index contributed by atoms with van der Waals surface area (Å²) in [5.41, 5.74) is 1.99. The normalized spacial score (nSPS) is 10.9. The minimum absolute atomic E-state index is 0.133. The van der Waals surface area contributed by atoms with Crippen LogP contribution in [0, 0.1) is 6.92 Å². The summed E-state index contributed by atoms with van der Waals surface area (Å²) in [5, 5.41) is 0. The van der Waals surface area contributed by atoms with Crippen molar-refractivity contribution in [3.8, 4) is 5.75 Å². The average molecular weight is 234 g/mol. The van der Waals surface area contributed by atoms with Gasteiger partial charge in [0.05, 0.1) is 13.2 Å². The first-order valence-electron chi connectivity index (χ1n) is 5.56. The van der Waals surface area contributed by atoms with E-state index in [4.69, 9.17) is 4.74 Å². The number of ether oxygens (including phenoxy) is 2. The Kier molecular flexibility index (Phi) is 4.76. The maximum absolute atomic E-state index is 11.0. The van der Waals surface area contributed by atoms with Gasteiger partial charge in [-0.1, -0.05) is 12.1 Å². The fraction of sp³-hybridized carbons (Fsp3) is 0.357. The van der Waals surface area contributed by atoms with Crippen molar-refractivity contribution in [2.45, 2.75) is 26.9 Å². The van der Waals surface area contributed by atoms with E-state index in [-0.39, 0.29) is 12.1 Å². The maximum atomic E-state index is 11.0. The van der Waals surface area contributed by atoms with E-state index in [1.807, 2.05) is 39.0 Å². The van der Waals surface area contributed by atoms with Gasteiger partial charge in [-0.3, -0.25) is 0 Å². The van der Waals surface area contributed by atoms with Gasteiger partial charge in [0, 0.05) is 6.08 Å². The fourth-order valence-corrected chi connectivity index (χ4v) is 1.33. The van der Waals surface area contributed by atoms with Gasteiger partial charge in [0.15, 0.2) is 0 Å². The quantitative estimate of drug-likeness (QED) is 0.593. The highest BCUT2D eigenvalue weighted by Gasteiger charge is 2.02. The van der Waals surface area contributed by atoms with Crippen molar-refractivity contribution in [3.05, 3.63) is 35.4 Å². The van der Waals surface area contributed by atoms with Crippen LogP contribution in [0.3, 0.4) is 0 Å². The molecule has 0 aliphatic carbocycles. The van der Waals surface area contributed by atoms with Crippen molar-refractivity contribution >= 4 is 12.0 Å². The number of carbonyl (C=O) groups is 1. The molecule has 1 aromatic carbocycles. The van der Waals surface area contributed by atoms with Crippen molar-refractivity contribution in [3.63, 3.8) is 0 Å². The molecule has 0 radical (unpaired) electrons. The van der Waals surface area contributed by atoms with E-state index < -0.39 is 0 Å². The third-order valence-corrected chi connectivity index (χ3v) is 2.19. The fourth-order valence-electron chi connectivity index (χ4n) is 1.33. The molecule has 0 unspecified atom stereocenters. The predicted octanol–water partition coefficient (Wildman–Crippen LogP) is 2.97. The Bertz CT molecular complexity index is 419. The molecular formula is C14H18O3. The van der Waals surface area contributed by atoms with Gasteiger partial charge in [-0.25, -0.2) is 4.79 Å². The molecular weight excluding hydrogens is 216 g/mol. The summed E-state index contributed by atoms with van der Waals surface area (Å²) >= 11 is 0. The molecule has 0 aromatic heterocycles. The van der Waals surface area contributed by atoms with Gasteiger partial charge in [-0.15, -0.1) is 0 Å². The van der Waals surface area contributed by atoms with E-state index in [0.29, 0.717) is 0 Å². The molecule has 0 amide bonds. The minimum atomic E-state index is -0.364. The van der Waals surface area contributed by atoms with E-state index in [1.54, 1.807) is 6.08 Å². The van der Waals surface area contributed by atoms with Crippen LogP contribution < -0.4 is 4.74 Å². The predicted molar refractivity (Wildman–Crippen MR) is 68.0 cm³/mol. The molecule has 1 rings (SSSR count). The molecule has 92 valence electrons. The molecule has 0 bridgehead atoms. The van der Waals surface area contributed by atoms with Gasteiger partial charge in [0.1, 0.15) is 5.75 Å². The lowest BCUT2D eigenvalue weighted by molar-refractivity contribution is -0.134. The number of hydrogen-bond donors (Lipinski definition) is 0. The van der Waals surface area contributed by atoms with Gasteiger partial charge in [0.2, 0.25) is 0 Å². The Labute approximate surface area is 102 Å². The number of carbonyl (C=O) groups excluding carboxylic acids is 1. The summed E-state index contributed by atoms with van der Waals surface area (Å²) < 4.78 is 10.2. The molecule has 0 fully saturated rings. The van der Waals surface area contributed by atoms with E-state index in [1.165, 1.54) is 13.2 Å². The highest BCUT2D eigenvalue weighted by Crippen LogP contribution is 2.21. The third-order valence-electron chi connectivity index (χ3n) is 2.19. The summed E-state index contributed by atoms with van der Waals surface area (Å²) in [4.78, 5) is 11.0. The Morgan fingerprint density at radius 2 is 2.06 bits per heavy atom. The minimum Gasteiger partial charge on any atom is -0.491 e. The highest BCUT2D eigenvalue weighted by molar-refractivity contribution is 5.87. The number of aryl methyl sites for hydroxylation is 1. The lowest BCUT2D eigenvalue weighted by Gasteiger charge is -2.12. The standard InChI is InChI=1S/C14H18O3/c1-10(2)17-13-9-12(6-5-11(13)3)7-8-14(15)16-4/h5-10H,1-4H3. The molecule has 1 aromatic rings. The third kappa shape index (κ3) is 4.31. The van der Waals surface area contributed by atoms with Gasteiger partial charge in [-0.05, 0) is 44.0 Å². The van der Waals surface area contributed by atoms with Crippen LogP contribution in [0.5, 0.6) is 5.75 Å². The molecule has 0 atom stereocenters. The monoisotopic (exact) mass is 234 g/mol. The zero-order valence-electron chi connectivity index (χ0n) is 10.7. The molecule has 3 nitrogen and oxygen atoms in total. The molecule has 0 saturated carbocycles. The van der Waals surface area contributed by atoms with Crippen LogP contribution in [-0.4, -0.2) is 19.2 Å². The van der Waals surface area contributed by atoms with Crippen molar-refractivity contribution in [2.75, 3.05) is 7.11 Å². The van der Waals surface area contributed by atoms with Crippen LogP contribution in [0.1, 0.15) is 25.0 Å². The Balaban J connectivity index is 2.88. The molecule has 3 heteroatoms. The van der Waals surface area contributed by atoms with Gasteiger partial charge < -0.3 is 9.47 Å². The lowest BCUT2D eigenvalue weighted by atomic mass is 10.1. The van der Waals surface area contributed by atoms with Crippen LogP contribution in [0.25, 0.3) is 6.08 Å². The topological polar surface area (TPSA) is 35.5 Å². The second-order valence-corrected chi connectivity index (χ2v) is 4.05. The van der Waals surface area contributed by atoms with Crippen molar-refractivity contribution in [2.24, 2.45) is 0 Å². The largest absolute Gasteiger partial charge is 0.491 e. The molecule has 0 saturated heterocycles. The molecule has 17 heavy (non-hydrogen) atoms. The van der Waals surface area contributed by atoms with Crippen molar-refractivity contribution < 1.29 is 14.3 Å². The van der Waals surface area contributed by atoms with Crippen LogP contribution in [-0.2, 0) is 9.53 Å². The Morgan fingerprint density at radius 1 is 1.35 bits per heavy atom. The van der Waals surface area contributed by atoms with Crippen LogP contribution in [0.15, 0.2) is 24.3 Å². The maximum Gasteiger partial charge on any atom is 0.330 e. The second-order valence-electron chi connectivity index (χ2n) is 4.05. The summed E-state index contributed by atoms with van der Waals surface area (Å²) in [7, 11) is 1.36. The molecule has 0 aliphatic rings. The first kappa shape index (κ1) is 13.3. The van der Waals surface area contributed by atoms with E-state index >= 15 is 0 Å². The van der Waals surface area contributed by atoms with E-state index in [0.717, 1.165) is 16.9 Å². The van der Waals surface area contributed by atoms with E-state index in [2.05, 4.69) is 4.74 Å². The second kappa shape index (κ2) is 6.09. The first-order chi connectivity index (χ1) is 8.02. The first-order valence-corrected chi connectivity index (χ1v) is 5.56. The SMILES string of the molecule is COC(=O)C=Cc1ccc(C)c(OC(C)C)c1. The molecule has 0 N–H and O–H groups in total. The van der Waals surface area contributed by atoms with Gasteiger partial charge in [-0.2, -0.15) is 0 Å². The number of hydrogen-bond acceptors (Lipinski definition) is 3. The van der Waals surface area contributed by atoms with Crippen molar-refractivity contribution in [1.29, 1.82) is 0 Å². The summed E-state index contributed by atoms with van der Waals surface area (Å²) in [6.45, 7) is 5.96. The summed E-state index contributed by atoms with van der Waals surface area (Å²) in [6.07, 6.45) is 3.23. The zero-order valence-corrected chi connectivity index (χ0v) is 10.7. The summed E-state index contributed by atoms with van der Waals surface area (Å²) in [6, 6.07) is 5.81. The number of rotatable bonds is 4. The summed E-state index contributed by atoms with van der Waals surface area (Å²) in [5.74, 6) is 0.476. The Morgan fingerprint density at radius 3 is 2.65 bits per heavy atom. The van der Waals surface area contributed by atoms with Gasteiger partial charge >= 0.3 is 5.97 Å². The average Bonchev–Trinajstić information content (AvgIpc) is 2.29. The number of methoxy groups -OCH3 is 1. The zero-order chi connectivity index (χ0) is 12.8. The highest BCUT2D eigenvalue weighted by atomic mass is 16.5. The van der Waals surface area contributed by atoms with Crippen molar-refractivity contribution in [1.82, 2.24) is 0 Å². The van der Waals surface area contributed by atoms with Crippen LogP contribution in [0.4, 0.5) is 0 Å². The lowest BCUT2D eigenvalue weighted by Crippen LogP contribution is -2.06.